The van der Waals surface area contributed by atoms with E-state index in [9.17, 15) is 9.59 Å². The number of rotatable bonds is 11. The summed E-state index contributed by atoms with van der Waals surface area (Å²) in [5.74, 6) is 0.759. The zero-order valence-electron chi connectivity index (χ0n) is 23.0. The lowest BCUT2D eigenvalue weighted by molar-refractivity contribution is -0.142. The lowest BCUT2D eigenvalue weighted by Crippen LogP contribution is -2.46. The summed E-state index contributed by atoms with van der Waals surface area (Å²) >= 11 is 0. The minimum absolute atomic E-state index is 0.0749. The fourth-order valence-electron chi connectivity index (χ4n) is 5.34. The van der Waals surface area contributed by atoms with E-state index in [-0.39, 0.29) is 30.9 Å². The van der Waals surface area contributed by atoms with Crippen LogP contribution >= 0.6 is 0 Å². The van der Waals surface area contributed by atoms with Gasteiger partial charge in [-0.1, -0.05) is 60.5 Å². The molecule has 1 atom stereocenters. The molecular formula is C31H35N5O4. The lowest BCUT2D eigenvalue weighted by atomic mass is 10.0. The minimum Gasteiger partial charge on any atom is -0.497 e. The van der Waals surface area contributed by atoms with Crippen molar-refractivity contribution in [3.63, 3.8) is 0 Å². The second-order valence-corrected chi connectivity index (χ2v) is 9.97. The highest BCUT2D eigenvalue weighted by molar-refractivity contribution is 5.90. The van der Waals surface area contributed by atoms with Crippen molar-refractivity contribution in [1.82, 2.24) is 25.2 Å². The summed E-state index contributed by atoms with van der Waals surface area (Å²) in [5, 5.41) is 11.7. The molecule has 5 rings (SSSR count). The highest BCUT2D eigenvalue weighted by Gasteiger charge is 2.35. The van der Waals surface area contributed by atoms with Gasteiger partial charge < -0.3 is 19.7 Å². The fraction of sp³-hybridized carbons (Fsp3) is 0.355. The molecule has 0 saturated heterocycles. The SMILES string of the molecule is CCOc1ccccc1[C@H](C(=O)NC1CCCC1)N(Cc1cccc(OC)c1)C(=O)Cn1nnc2ccccc21. The van der Waals surface area contributed by atoms with Crippen LogP contribution in [0.1, 0.15) is 49.8 Å². The molecule has 0 unspecified atom stereocenters. The molecule has 1 heterocycles. The molecule has 1 aromatic heterocycles. The molecule has 0 spiro atoms. The van der Waals surface area contributed by atoms with E-state index in [4.69, 9.17) is 9.47 Å². The molecule has 9 heteroatoms. The first-order valence-electron chi connectivity index (χ1n) is 13.8. The van der Waals surface area contributed by atoms with Crippen LogP contribution in [0.2, 0.25) is 0 Å². The quantitative estimate of drug-likeness (QED) is 0.296. The number of benzene rings is 3. The van der Waals surface area contributed by atoms with Crippen LogP contribution in [0.3, 0.4) is 0 Å². The molecule has 0 aliphatic heterocycles. The molecule has 4 aromatic rings. The van der Waals surface area contributed by atoms with E-state index in [0.29, 0.717) is 29.2 Å². The minimum atomic E-state index is -0.920. The molecule has 2 amide bonds. The predicted molar refractivity (Wildman–Crippen MR) is 152 cm³/mol. The summed E-state index contributed by atoms with van der Waals surface area (Å²) in [7, 11) is 1.61. The topological polar surface area (TPSA) is 98.6 Å². The summed E-state index contributed by atoms with van der Waals surface area (Å²) in [6, 6.07) is 21.6. The van der Waals surface area contributed by atoms with Crippen LogP contribution < -0.4 is 14.8 Å². The van der Waals surface area contributed by atoms with Crippen LogP contribution in [0.15, 0.2) is 72.8 Å². The summed E-state index contributed by atoms with van der Waals surface area (Å²) < 4.78 is 13.0. The van der Waals surface area contributed by atoms with Crippen molar-refractivity contribution in [3.8, 4) is 11.5 Å². The molecule has 0 bridgehead atoms. The Morgan fingerprint density at radius 2 is 1.82 bits per heavy atom. The Balaban J connectivity index is 1.57. The van der Waals surface area contributed by atoms with Gasteiger partial charge in [0.2, 0.25) is 11.8 Å². The number of hydrogen-bond acceptors (Lipinski definition) is 6. The first-order chi connectivity index (χ1) is 19.6. The number of para-hydroxylation sites is 2. The van der Waals surface area contributed by atoms with Gasteiger partial charge in [0.05, 0.1) is 19.2 Å². The number of amides is 2. The van der Waals surface area contributed by atoms with Crippen LogP contribution in [0.5, 0.6) is 11.5 Å². The highest BCUT2D eigenvalue weighted by Crippen LogP contribution is 2.33. The van der Waals surface area contributed by atoms with Gasteiger partial charge in [-0.2, -0.15) is 0 Å². The monoisotopic (exact) mass is 541 g/mol. The smallest absolute Gasteiger partial charge is 0.247 e. The number of fused-ring (bicyclic) bond motifs is 1. The van der Waals surface area contributed by atoms with Gasteiger partial charge in [-0.15, -0.1) is 5.10 Å². The fourth-order valence-corrected chi connectivity index (χ4v) is 5.34. The lowest BCUT2D eigenvalue weighted by Gasteiger charge is -2.33. The average Bonchev–Trinajstić information content (AvgIpc) is 3.64. The van der Waals surface area contributed by atoms with Crippen molar-refractivity contribution in [2.45, 2.75) is 57.8 Å². The largest absolute Gasteiger partial charge is 0.497 e. The zero-order chi connectivity index (χ0) is 27.9. The van der Waals surface area contributed by atoms with Crippen molar-refractivity contribution >= 4 is 22.8 Å². The van der Waals surface area contributed by atoms with Gasteiger partial charge in [0.15, 0.2) is 0 Å². The first kappa shape index (κ1) is 27.2. The Bertz CT molecular complexity index is 1460. The molecule has 1 aliphatic carbocycles. The van der Waals surface area contributed by atoms with Crippen LogP contribution in [-0.4, -0.2) is 51.5 Å². The maximum Gasteiger partial charge on any atom is 0.247 e. The van der Waals surface area contributed by atoms with Crippen molar-refractivity contribution < 1.29 is 19.1 Å². The maximum atomic E-state index is 14.2. The number of nitrogens with zero attached hydrogens (tertiary/aromatic N) is 4. The van der Waals surface area contributed by atoms with Crippen molar-refractivity contribution in [2.24, 2.45) is 0 Å². The van der Waals surface area contributed by atoms with Crippen molar-refractivity contribution in [3.05, 3.63) is 83.9 Å². The number of carbonyl (C=O) groups excluding carboxylic acids is 2. The van der Waals surface area contributed by atoms with Gasteiger partial charge >= 0.3 is 0 Å². The molecule has 1 fully saturated rings. The Kier molecular flexibility index (Phi) is 8.59. The normalized spacial score (nSPS) is 14.2. The van der Waals surface area contributed by atoms with Crippen LogP contribution in [-0.2, 0) is 22.7 Å². The van der Waals surface area contributed by atoms with Gasteiger partial charge in [0, 0.05) is 18.2 Å². The summed E-state index contributed by atoms with van der Waals surface area (Å²) in [6.07, 6.45) is 4.02. The molecule has 1 saturated carbocycles. The molecule has 1 N–H and O–H groups in total. The van der Waals surface area contributed by atoms with E-state index < -0.39 is 6.04 Å². The molecule has 1 aliphatic rings. The Morgan fingerprint density at radius 1 is 1.05 bits per heavy atom. The number of aromatic nitrogens is 3. The zero-order valence-corrected chi connectivity index (χ0v) is 23.0. The van der Waals surface area contributed by atoms with Gasteiger partial charge in [-0.05, 0) is 55.7 Å². The van der Waals surface area contributed by atoms with Crippen LogP contribution in [0, 0.1) is 0 Å². The van der Waals surface area contributed by atoms with Gasteiger partial charge in [0.25, 0.3) is 0 Å². The third kappa shape index (κ3) is 6.09. The summed E-state index contributed by atoms with van der Waals surface area (Å²) in [5.41, 5.74) is 2.92. The van der Waals surface area contributed by atoms with E-state index in [2.05, 4.69) is 15.6 Å². The van der Waals surface area contributed by atoms with E-state index in [1.165, 1.54) is 0 Å². The van der Waals surface area contributed by atoms with Crippen molar-refractivity contribution in [1.29, 1.82) is 0 Å². The van der Waals surface area contributed by atoms with Gasteiger partial charge in [-0.25, -0.2) is 4.68 Å². The van der Waals surface area contributed by atoms with Gasteiger partial charge in [-0.3, -0.25) is 9.59 Å². The van der Waals surface area contributed by atoms with E-state index in [1.807, 2.05) is 79.7 Å². The third-order valence-electron chi connectivity index (χ3n) is 7.29. The summed E-state index contributed by atoms with van der Waals surface area (Å²) in [4.78, 5) is 30.0. The molecule has 208 valence electrons. The number of methoxy groups -OCH3 is 1. The van der Waals surface area contributed by atoms with Crippen LogP contribution in [0.4, 0.5) is 0 Å². The van der Waals surface area contributed by atoms with Gasteiger partial charge in [0.1, 0.15) is 29.6 Å². The third-order valence-corrected chi connectivity index (χ3v) is 7.29. The van der Waals surface area contributed by atoms with E-state index >= 15 is 0 Å². The van der Waals surface area contributed by atoms with E-state index in [0.717, 1.165) is 36.8 Å². The Hall–Kier alpha value is -4.40. The number of ether oxygens (including phenoxy) is 2. The van der Waals surface area contributed by atoms with Crippen LogP contribution in [0.25, 0.3) is 11.0 Å². The number of carbonyl (C=O) groups is 2. The average molecular weight is 542 g/mol. The second-order valence-electron chi connectivity index (χ2n) is 9.97. The Labute approximate surface area is 234 Å². The first-order valence-corrected chi connectivity index (χ1v) is 13.8. The standard InChI is InChI=1S/C31H35N5O4/c1-3-40-28-18-9-6-15-25(28)30(31(38)32-23-12-4-5-13-23)35(20-22-11-10-14-24(19-22)39-2)29(37)21-36-27-17-8-7-16-26(27)33-34-36/h6-11,14-19,23,30H,3-5,12-13,20-21H2,1-2H3,(H,32,38)/t30-/m1/s1. The summed E-state index contributed by atoms with van der Waals surface area (Å²) in [6.45, 7) is 2.45. The maximum absolute atomic E-state index is 14.2. The number of hydrogen-bond donors (Lipinski definition) is 1. The van der Waals surface area contributed by atoms with Crippen molar-refractivity contribution in [2.75, 3.05) is 13.7 Å². The molecular weight excluding hydrogens is 506 g/mol. The number of nitrogens with one attached hydrogen (secondary N) is 1. The molecule has 3 aromatic carbocycles. The van der Waals surface area contributed by atoms with E-state index in [1.54, 1.807) is 16.7 Å². The molecule has 9 nitrogen and oxygen atoms in total. The predicted octanol–water partition coefficient (Wildman–Crippen LogP) is 4.67. The molecule has 40 heavy (non-hydrogen) atoms. The molecule has 0 radical (unpaired) electrons. The highest BCUT2D eigenvalue weighted by atomic mass is 16.5. The second kappa shape index (κ2) is 12.6. The Morgan fingerprint density at radius 3 is 2.62 bits per heavy atom.